The zero-order valence-electron chi connectivity index (χ0n) is 14.6. The minimum atomic E-state index is 0.236. The monoisotopic (exact) mass is 303 g/mol. The van der Waals surface area contributed by atoms with E-state index in [1.54, 1.807) is 0 Å². The van der Waals surface area contributed by atoms with E-state index in [0.29, 0.717) is 25.0 Å². The molecule has 3 nitrogen and oxygen atoms in total. The maximum Gasteiger partial charge on any atom is 0.177 e. The van der Waals surface area contributed by atoms with Crippen LogP contribution in [0.15, 0.2) is 12.1 Å². The number of likely N-dealkylation sites (tertiary alicyclic amines) is 1. The Morgan fingerprint density at radius 2 is 1.73 bits per heavy atom. The quantitative estimate of drug-likeness (QED) is 0.774. The van der Waals surface area contributed by atoms with E-state index in [2.05, 4.69) is 18.7 Å². The van der Waals surface area contributed by atoms with Gasteiger partial charge in [0.05, 0.1) is 13.2 Å². The Labute approximate surface area is 134 Å². The van der Waals surface area contributed by atoms with Crippen molar-refractivity contribution >= 4 is 5.78 Å². The van der Waals surface area contributed by atoms with Gasteiger partial charge in [0.1, 0.15) is 5.75 Å². The molecule has 1 aliphatic heterocycles. The van der Waals surface area contributed by atoms with Gasteiger partial charge in [-0.25, -0.2) is 0 Å². The van der Waals surface area contributed by atoms with Crippen LogP contribution in [-0.4, -0.2) is 36.9 Å². The number of ketones is 1. The van der Waals surface area contributed by atoms with Gasteiger partial charge < -0.3 is 4.74 Å². The van der Waals surface area contributed by atoms with Gasteiger partial charge in [-0.3, -0.25) is 9.69 Å². The highest BCUT2D eigenvalue weighted by Crippen LogP contribution is 2.25. The van der Waals surface area contributed by atoms with E-state index in [0.717, 1.165) is 35.5 Å². The molecule has 2 atom stereocenters. The second kappa shape index (κ2) is 7.28. The van der Waals surface area contributed by atoms with E-state index in [1.165, 1.54) is 6.42 Å². The average Bonchev–Trinajstić information content (AvgIpc) is 2.36. The summed E-state index contributed by atoms with van der Waals surface area (Å²) < 4.78 is 5.56. The van der Waals surface area contributed by atoms with Crippen LogP contribution in [0, 0.1) is 25.7 Å². The second-order valence-corrected chi connectivity index (χ2v) is 6.93. The molecule has 3 heteroatoms. The van der Waals surface area contributed by atoms with Crippen molar-refractivity contribution in [2.75, 3.05) is 26.2 Å². The molecule has 0 bridgehead atoms. The molecule has 0 radical (unpaired) electrons. The van der Waals surface area contributed by atoms with Gasteiger partial charge in [-0.1, -0.05) is 13.8 Å². The van der Waals surface area contributed by atoms with Crippen molar-refractivity contribution in [3.63, 3.8) is 0 Å². The van der Waals surface area contributed by atoms with Crippen LogP contribution in [0.2, 0.25) is 0 Å². The molecule has 2 unspecified atom stereocenters. The molecule has 2 rings (SSSR count). The lowest BCUT2D eigenvalue weighted by Crippen LogP contribution is -2.41. The number of rotatable bonds is 5. The van der Waals surface area contributed by atoms with Gasteiger partial charge >= 0.3 is 0 Å². The fourth-order valence-corrected chi connectivity index (χ4v) is 3.82. The van der Waals surface area contributed by atoms with Crippen LogP contribution in [0.3, 0.4) is 0 Å². The number of piperidine rings is 1. The summed E-state index contributed by atoms with van der Waals surface area (Å²) >= 11 is 0. The largest absolute Gasteiger partial charge is 0.494 e. The van der Waals surface area contributed by atoms with E-state index in [1.807, 2.05) is 32.9 Å². The van der Waals surface area contributed by atoms with Crippen molar-refractivity contribution in [1.29, 1.82) is 0 Å². The number of ether oxygens (including phenoxy) is 1. The third-order valence-corrected chi connectivity index (χ3v) is 4.41. The van der Waals surface area contributed by atoms with Crippen LogP contribution in [-0.2, 0) is 0 Å². The van der Waals surface area contributed by atoms with Gasteiger partial charge in [0, 0.05) is 18.7 Å². The number of Topliss-reactive ketones (excluding diaryl/α,β-unsaturated/α-hetero) is 1. The SMILES string of the molecule is CCOc1cc(C)c(C(=O)CN2CC(C)CC(C)C2)c(C)c1. The number of carbonyl (C=O) groups is 1. The first-order valence-corrected chi connectivity index (χ1v) is 8.40. The molecule has 0 spiro atoms. The van der Waals surface area contributed by atoms with Crippen LogP contribution in [0.1, 0.15) is 48.7 Å². The van der Waals surface area contributed by atoms with E-state index >= 15 is 0 Å². The number of hydrogen-bond donors (Lipinski definition) is 0. The summed E-state index contributed by atoms with van der Waals surface area (Å²) in [6.07, 6.45) is 1.27. The van der Waals surface area contributed by atoms with Gasteiger partial charge in [-0.15, -0.1) is 0 Å². The molecule has 1 aromatic carbocycles. The third kappa shape index (κ3) is 4.10. The molecule has 1 heterocycles. The molecular weight excluding hydrogens is 274 g/mol. The molecular formula is C19H29NO2. The van der Waals surface area contributed by atoms with E-state index in [4.69, 9.17) is 4.74 Å². The van der Waals surface area contributed by atoms with Crippen LogP contribution >= 0.6 is 0 Å². The van der Waals surface area contributed by atoms with Crippen LogP contribution < -0.4 is 4.74 Å². The predicted molar refractivity (Wildman–Crippen MR) is 90.8 cm³/mol. The molecule has 1 aliphatic rings. The summed E-state index contributed by atoms with van der Waals surface area (Å²) in [6, 6.07) is 3.95. The van der Waals surface area contributed by atoms with E-state index in [-0.39, 0.29) is 5.78 Å². The molecule has 1 fully saturated rings. The van der Waals surface area contributed by atoms with Crippen molar-refractivity contribution in [1.82, 2.24) is 4.90 Å². The summed E-state index contributed by atoms with van der Waals surface area (Å²) in [7, 11) is 0. The number of nitrogens with zero attached hydrogens (tertiary/aromatic N) is 1. The lowest BCUT2D eigenvalue weighted by molar-refractivity contribution is 0.0848. The topological polar surface area (TPSA) is 29.5 Å². The second-order valence-electron chi connectivity index (χ2n) is 6.93. The molecule has 0 amide bonds. The van der Waals surface area contributed by atoms with Crippen molar-refractivity contribution < 1.29 is 9.53 Å². The highest BCUT2D eigenvalue weighted by molar-refractivity contribution is 6.00. The molecule has 0 aliphatic carbocycles. The minimum absolute atomic E-state index is 0.236. The van der Waals surface area contributed by atoms with Gasteiger partial charge in [-0.05, 0) is 62.3 Å². The third-order valence-electron chi connectivity index (χ3n) is 4.41. The van der Waals surface area contributed by atoms with E-state index < -0.39 is 0 Å². The van der Waals surface area contributed by atoms with Gasteiger partial charge in [0.2, 0.25) is 0 Å². The standard InChI is InChI=1S/C19H29NO2/c1-6-22-17-8-15(4)19(16(5)9-17)18(21)12-20-10-13(2)7-14(3)11-20/h8-9,13-14H,6-7,10-12H2,1-5H3. The number of hydrogen-bond acceptors (Lipinski definition) is 3. The minimum Gasteiger partial charge on any atom is -0.494 e. The normalized spacial score (nSPS) is 22.6. The molecule has 0 saturated carbocycles. The number of carbonyl (C=O) groups excluding carboxylic acids is 1. The molecule has 22 heavy (non-hydrogen) atoms. The Kier molecular flexibility index (Phi) is 5.63. The zero-order valence-corrected chi connectivity index (χ0v) is 14.6. The maximum absolute atomic E-state index is 12.8. The molecule has 0 aromatic heterocycles. The fourth-order valence-electron chi connectivity index (χ4n) is 3.82. The van der Waals surface area contributed by atoms with E-state index in [9.17, 15) is 4.79 Å². The fraction of sp³-hybridized carbons (Fsp3) is 0.632. The summed E-state index contributed by atoms with van der Waals surface area (Å²) in [4.78, 5) is 15.1. The van der Waals surface area contributed by atoms with Crippen molar-refractivity contribution in [3.05, 3.63) is 28.8 Å². The highest BCUT2D eigenvalue weighted by atomic mass is 16.5. The molecule has 1 aromatic rings. The van der Waals surface area contributed by atoms with Crippen molar-refractivity contribution in [2.45, 2.75) is 41.0 Å². The van der Waals surface area contributed by atoms with Gasteiger partial charge in [-0.2, -0.15) is 0 Å². The zero-order chi connectivity index (χ0) is 16.3. The van der Waals surface area contributed by atoms with Crippen LogP contribution in [0.5, 0.6) is 5.75 Å². The van der Waals surface area contributed by atoms with Crippen molar-refractivity contribution in [3.8, 4) is 5.75 Å². The first kappa shape index (κ1) is 17.0. The Bertz CT molecular complexity index is 505. The summed E-state index contributed by atoms with van der Waals surface area (Å²) in [6.45, 7) is 13.8. The summed E-state index contributed by atoms with van der Waals surface area (Å²) in [5.41, 5.74) is 2.91. The van der Waals surface area contributed by atoms with Gasteiger partial charge in [0.25, 0.3) is 0 Å². The van der Waals surface area contributed by atoms with Crippen LogP contribution in [0.4, 0.5) is 0 Å². The number of benzene rings is 1. The smallest absolute Gasteiger partial charge is 0.177 e. The lowest BCUT2D eigenvalue weighted by atomic mass is 9.91. The predicted octanol–water partition coefficient (Wildman–Crippen LogP) is 3.86. The van der Waals surface area contributed by atoms with Gasteiger partial charge in [0.15, 0.2) is 5.78 Å². The lowest BCUT2D eigenvalue weighted by Gasteiger charge is -2.34. The summed E-state index contributed by atoms with van der Waals surface area (Å²) in [5.74, 6) is 2.45. The Balaban J connectivity index is 2.12. The molecule has 1 saturated heterocycles. The maximum atomic E-state index is 12.8. The first-order chi connectivity index (χ1) is 10.4. The van der Waals surface area contributed by atoms with Crippen LogP contribution in [0.25, 0.3) is 0 Å². The van der Waals surface area contributed by atoms with Crippen molar-refractivity contribution in [2.24, 2.45) is 11.8 Å². The number of aryl methyl sites for hydroxylation is 2. The first-order valence-electron chi connectivity index (χ1n) is 8.40. The molecule has 0 N–H and O–H groups in total. The summed E-state index contributed by atoms with van der Waals surface area (Å²) in [5, 5.41) is 0. The Morgan fingerprint density at radius 1 is 1.18 bits per heavy atom. The molecule has 122 valence electrons. The highest BCUT2D eigenvalue weighted by Gasteiger charge is 2.24. The average molecular weight is 303 g/mol. The Hall–Kier alpha value is -1.35. The Morgan fingerprint density at radius 3 is 2.23 bits per heavy atom.